The Balaban J connectivity index is 1.31. The molecule has 0 heterocycles. The molecule has 0 unspecified atom stereocenters. The Bertz CT molecular complexity index is 1010. The van der Waals surface area contributed by atoms with Gasteiger partial charge in [0.15, 0.2) is 5.78 Å². The first kappa shape index (κ1) is 21.3. The highest BCUT2D eigenvalue weighted by Crippen LogP contribution is 2.60. The average molecular weight is 431 g/mol. The molecular formula is C29H34O3. The Hall–Kier alpha value is -2.55. The molecule has 168 valence electrons. The number of ketones is 1. The molecule has 2 aromatic carbocycles. The molecule has 32 heavy (non-hydrogen) atoms. The molecule has 4 saturated carbocycles. The lowest BCUT2D eigenvalue weighted by Gasteiger charge is -2.55. The van der Waals surface area contributed by atoms with Gasteiger partial charge in [-0.1, -0.05) is 24.3 Å². The minimum absolute atomic E-state index is 0.0770. The van der Waals surface area contributed by atoms with Crippen molar-refractivity contribution in [2.24, 2.45) is 23.2 Å². The van der Waals surface area contributed by atoms with Crippen molar-refractivity contribution in [2.45, 2.75) is 59.0 Å². The van der Waals surface area contributed by atoms with Crippen molar-refractivity contribution < 1.29 is 14.3 Å². The molecule has 3 heteroatoms. The van der Waals surface area contributed by atoms with Gasteiger partial charge in [0, 0.05) is 11.0 Å². The molecular weight excluding hydrogens is 396 g/mol. The van der Waals surface area contributed by atoms with Gasteiger partial charge < -0.3 is 9.47 Å². The summed E-state index contributed by atoms with van der Waals surface area (Å²) in [6.45, 7) is 4.55. The topological polar surface area (TPSA) is 35.5 Å². The smallest absolute Gasteiger partial charge is 0.161 e. The third-order valence-corrected chi connectivity index (χ3v) is 8.02. The summed E-state index contributed by atoms with van der Waals surface area (Å²) < 4.78 is 11.7. The zero-order valence-corrected chi connectivity index (χ0v) is 19.5. The number of methoxy groups -OCH3 is 1. The molecule has 0 N–H and O–H groups in total. The van der Waals surface area contributed by atoms with Crippen molar-refractivity contribution in [3.05, 3.63) is 64.7 Å². The van der Waals surface area contributed by atoms with E-state index < -0.39 is 0 Å². The number of carbonyl (C=O) groups is 1. The van der Waals surface area contributed by atoms with Crippen LogP contribution in [0.3, 0.4) is 0 Å². The summed E-state index contributed by atoms with van der Waals surface area (Å²) in [5.74, 6) is 4.40. The summed E-state index contributed by atoms with van der Waals surface area (Å²) in [6, 6.07) is 12.3. The molecule has 0 aliphatic heterocycles. The fourth-order valence-electron chi connectivity index (χ4n) is 6.79. The van der Waals surface area contributed by atoms with Crippen LogP contribution in [-0.2, 0) is 11.4 Å². The molecule has 4 aliphatic rings. The summed E-state index contributed by atoms with van der Waals surface area (Å²) in [5.41, 5.74) is 4.22. The molecule has 4 aliphatic carbocycles. The van der Waals surface area contributed by atoms with E-state index in [1.807, 2.05) is 24.3 Å². The van der Waals surface area contributed by atoms with Crippen LogP contribution in [0.15, 0.2) is 42.5 Å². The highest BCUT2D eigenvalue weighted by Gasteiger charge is 2.53. The maximum absolute atomic E-state index is 13.3. The number of hydrogen-bond acceptors (Lipinski definition) is 3. The predicted octanol–water partition coefficient (Wildman–Crippen LogP) is 6.69. The zero-order chi connectivity index (χ0) is 22.3. The fraction of sp³-hybridized carbons (Fsp3) is 0.483. The number of allylic oxidation sites excluding steroid dienone is 1. The molecule has 0 amide bonds. The molecule has 4 fully saturated rings. The van der Waals surface area contributed by atoms with Crippen LogP contribution in [0.4, 0.5) is 0 Å². The lowest BCUT2D eigenvalue weighted by atomic mass is 9.48. The predicted molar refractivity (Wildman–Crippen MR) is 128 cm³/mol. The van der Waals surface area contributed by atoms with Crippen molar-refractivity contribution in [2.75, 3.05) is 7.11 Å². The fourth-order valence-corrected chi connectivity index (χ4v) is 6.79. The van der Waals surface area contributed by atoms with E-state index in [2.05, 4.69) is 38.1 Å². The summed E-state index contributed by atoms with van der Waals surface area (Å²) in [7, 11) is 1.68. The normalized spacial score (nSPS) is 28.3. The zero-order valence-electron chi connectivity index (χ0n) is 19.5. The van der Waals surface area contributed by atoms with E-state index >= 15 is 0 Å². The minimum Gasteiger partial charge on any atom is -0.496 e. The maximum Gasteiger partial charge on any atom is 0.161 e. The average Bonchev–Trinajstić information content (AvgIpc) is 2.77. The number of hydrogen-bond donors (Lipinski definition) is 0. The van der Waals surface area contributed by atoms with E-state index in [-0.39, 0.29) is 5.41 Å². The lowest BCUT2D eigenvalue weighted by Crippen LogP contribution is -2.49. The van der Waals surface area contributed by atoms with Crippen molar-refractivity contribution in [1.82, 2.24) is 0 Å². The van der Waals surface area contributed by atoms with Gasteiger partial charge in [-0.25, -0.2) is 0 Å². The van der Waals surface area contributed by atoms with Crippen molar-refractivity contribution in [3.63, 3.8) is 0 Å². The first-order valence-electron chi connectivity index (χ1n) is 12.0. The van der Waals surface area contributed by atoms with E-state index in [9.17, 15) is 4.79 Å². The molecule has 0 atom stereocenters. The number of rotatable bonds is 7. The van der Waals surface area contributed by atoms with Crippen LogP contribution in [0, 0.1) is 37.0 Å². The third kappa shape index (κ3) is 4.10. The van der Waals surface area contributed by atoms with Gasteiger partial charge in [-0.3, -0.25) is 4.79 Å². The van der Waals surface area contributed by atoms with Crippen LogP contribution in [0.2, 0.25) is 0 Å². The quantitative estimate of drug-likeness (QED) is 0.459. The third-order valence-electron chi connectivity index (χ3n) is 8.02. The second-order valence-electron chi connectivity index (χ2n) is 10.5. The summed E-state index contributed by atoms with van der Waals surface area (Å²) in [5, 5.41) is 0. The number of aryl methyl sites for hydroxylation is 2. The molecule has 3 nitrogen and oxygen atoms in total. The van der Waals surface area contributed by atoms with Crippen molar-refractivity contribution in [3.8, 4) is 11.5 Å². The van der Waals surface area contributed by atoms with Gasteiger partial charge in [0.05, 0.1) is 7.11 Å². The van der Waals surface area contributed by atoms with Crippen LogP contribution in [0.5, 0.6) is 11.5 Å². The van der Waals surface area contributed by atoms with Gasteiger partial charge in [0.2, 0.25) is 0 Å². The van der Waals surface area contributed by atoms with E-state index in [0.29, 0.717) is 12.4 Å². The second kappa shape index (κ2) is 8.42. The van der Waals surface area contributed by atoms with Crippen LogP contribution < -0.4 is 9.47 Å². The summed E-state index contributed by atoms with van der Waals surface area (Å²) in [4.78, 5) is 13.3. The molecule has 2 aromatic rings. The van der Waals surface area contributed by atoms with Gasteiger partial charge in [-0.05, 0) is 111 Å². The maximum atomic E-state index is 13.3. The van der Waals surface area contributed by atoms with E-state index in [1.54, 1.807) is 7.11 Å². The van der Waals surface area contributed by atoms with Crippen LogP contribution in [0.25, 0.3) is 6.08 Å². The summed E-state index contributed by atoms with van der Waals surface area (Å²) >= 11 is 0. The number of benzene rings is 2. The van der Waals surface area contributed by atoms with Crippen LogP contribution in [-0.4, -0.2) is 12.9 Å². The minimum atomic E-state index is -0.0770. The Morgan fingerprint density at radius 1 is 0.969 bits per heavy atom. The molecule has 0 aromatic heterocycles. The van der Waals surface area contributed by atoms with Crippen LogP contribution in [0.1, 0.15) is 60.8 Å². The lowest BCUT2D eigenvalue weighted by molar-refractivity contribution is -0.138. The van der Waals surface area contributed by atoms with Crippen molar-refractivity contribution in [1.29, 1.82) is 0 Å². The SMILES string of the molecule is COc1ccc(/C=C/C(=O)C23CC4CC(CC(C4)C2)C3)cc1COc1cc(C)ccc1C. The van der Waals surface area contributed by atoms with Gasteiger partial charge in [-0.15, -0.1) is 0 Å². The van der Waals surface area contributed by atoms with Gasteiger partial charge in [0.25, 0.3) is 0 Å². The van der Waals surface area contributed by atoms with Gasteiger partial charge >= 0.3 is 0 Å². The van der Waals surface area contributed by atoms with Gasteiger partial charge in [0.1, 0.15) is 18.1 Å². The van der Waals surface area contributed by atoms with E-state index in [4.69, 9.17) is 9.47 Å². The molecule has 0 saturated heterocycles. The Labute approximate surface area is 191 Å². The number of ether oxygens (including phenoxy) is 2. The highest BCUT2D eigenvalue weighted by molar-refractivity contribution is 5.98. The highest BCUT2D eigenvalue weighted by atomic mass is 16.5. The molecule has 6 rings (SSSR count). The summed E-state index contributed by atoms with van der Waals surface area (Å²) in [6.07, 6.45) is 11.3. The second-order valence-corrected chi connectivity index (χ2v) is 10.5. The van der Waals surface area contributed by atoms with Crippen LogP contribution >= 0.6 is 0 Å². The first-order valence-corrected chi connectivity index (χ1v) is 12.0. The molecule has 0 radical (unpaired) electrons. The number of carbonyl (C=O) groups excluding carboxylic acids is 1. The first-order chi connectivity index (χ1) is 15.4. The monoisotopic (exact) mass is 430 g/mol. The van der Waals surface area contributed by atoms with E-state index in [1.165, 1.54) is 24.8 Å². The Morgan fingerprint density at radius 3 is 2.31 bits per heavy atom. The molecule has 0 spiro atoms. The largest absolute Gasteiger partial charge is 0.496 e. The van der Waals surface area contributed by atoms with Gasteiger partial charge in [-0.2, -0.15) is 0 Å². The Morgan fingerprint density at radius 2 is 1.66 bits per heavy atom. The molecule has 4 bridgehead atoms. The van der Waals surface area contributed by atoms with E-state index in [0.717, 1.165) is 65.2 Å². The Kier molecular flexibility index (Phi) is 5.61. The standard InChI is InChI=1S/C29H34O3/c1-19-4-5-20(2)27(10-19)32-18-25-14-21(6-8-26(25)31-3)7-9-28(30)29-15-22-11-23(16-29)13-24(12-22)17-29/h4-10,14,22-24H,11-13,15-18H2,1-3H3/b9-7+. The van der Waals surface area contributed by atoms with Crippen molar-refractivity contribution >= 4 is 11.9 Å².